The Labute approximate surface area is 689 Å². The van der Waals surface area contributed by atoms with Gasteiger partial charge in [0, 0.05) is 46.0 Å². The Balaban J connectivity index is 0.608. The molecule has 0 saturated carbocycles. The molecule has 2 unspecified atom stereocenters. The lowest BCUT2D eigenvalue weighted by molar-refractivity contribution is 0.781. The summed E-state index contributed by atoms with van der Waals surface area (Å²) in [5.74, 6) is 0.406. The third kappa shape index (κ3) is 13.6. The molecule has 19 aromatic carbocycles. The quantitative estimate of drug-likeness (QED) is 0.0662. The van der Waals surface area contributed by atoms with E-state index in [1.165, 1.54) is 159 Å². The summed E-state index contributed by atoms with van der Waals surface area (Å²) in [4.78, 5) is 4.85. The van der Waals surface area contributed by atoms with Crippen LogP contribution >= 0.6 is 0 Å². The number of anilines is 5. The highest BCUT2D eigenvalue weighted by molar-refractivity contribution is 6.14. The molecule has 2 heteroatoms. The predicted molar refractivity (Wildman–Crippen MR) is 506 cm³/mol. The first-order valence-corrected chi connectivity index (χ1v) is 41.1. The van der Waals surface area contributed by atoms with Crippen LogP contribution in [0.25, 0.3) is 159 Å². The maximum Gasteiger partial charge on any atom is 0.0468 e. The van der Waals surface area contributed by atoms with Crippen LogP contribution in [0.5, 0.6) is 0 Å². The second-order valence-electron chi connectivity index (χ2n) is 31.4. The van der Waals surface area contributed by atoms with Crippen molar-refractivity contribution < 1.29 is 0 Å². The first kappa shape index (κ1) is 70.9. The molecule has 2 nitrogen and oxygen atoms in total. The minimum atomic E-state index is 0.140. The molecule has 556 valence electrons. The van der Waals surface area contributed by atoms with Crippen molar-refractivity contribution in [1.82, 2.24) is 0 Å². The number of hydrogen-bond acceptors (Lipinski definition) is 2. The highest BCUT2D eigenvalue weighted by atomic mass is 15.2. The fourth-order valence-corrected chi connectivity index (χ4v) is 18.3. The molecule has 2 aliphatic rings. The highest BCUT2D eigenvalue weighted by Gasteiger charge is 2.26. The van der Waals surface area contributed by atoms with Crippen molar-refractivity contribution in [3.63, 3.8) is 0 Å². The van der Waals surface area contributed by atoms with Crippen LogP contribution in [-0.4, -0.2) is 0 Å². The monoisotopic (exact) mass is 1500 g/mol. The molecule has 0 heterocycles. The van der Waals surface area contributed by atoms with Crippen molar-refractivity contribution in [2.24, 2.45) is 0 Å². The van der Waals surface area contributed by atoms with E-state index in [2.05, 4.69) is 453 Å². The second kappa shape index (κ2) is 30.8. The molecule has 118 heavy (non-hydrogen) atoms. The van der Waals surface area contributed by atoms with Crippen LogP contribution in [0, 0.1) is 0 Å². The Kier molecular flexibility index (Phi) is 18.5. The predicted octanol–water partition coefficient (Wildman–Crippen LogP) is 32.5. The zero-order valence-corrected chi connectivity index (χ0v) is 65.4. The van der Waals surface area contributed by atoms with Gasteiger partial charge >= 0.3 is 0 Å². The lowest BCUT2D eigenvalue weighted by Crippen LogP contribution is -2.17. The molecular formula is C116H82N2. The van der Waals surface area contributed by atoms with Crippen LogP contribution in [0.2, 0.25) is 0 Å². The van der Waals surface area contributed by atoms with Crippen molar-refractivity contribution in [2.45, 2.75) is 24.7 Å². The lowest BCUT2D eigenvalue weighted by atomic mass is 9.80. The van der Waals surface area contributed by atoms with Gasteiger partial charge in [-0.25, -0.2) is 0 Å². The zero-order valence-electron chi connectivity index (χ0n) is 65.4. The van der Waals surface area contributed by atoms with Gasteiger partial charge in [-0.1, -0.05) is 359 Å². The Bertz CT molecular complexity index is 7280. The van der Waals surface area contributed by atoms with E-state index in [0.29, 0.717) is 0 Å². The van der Waals surface area contributed by atoms with Crippen molar-refractivity contribution >= 4 is 110 Å². The van der Waals surface area contributed by atoms with Crippen molar-refractivity contribution in [1.29, 1.82) is 0 Å². The van der Waals surface area contributed by atoms with Crippen LogP contribution in [0.15, 0.2) is 455 Å². The van der Waals surface area contributed by atoms with Gasteiger partial charge in [0.25, 0.3) is 0 Å². The van der Waals surface area contributed by atoms with E-state index in [9.17, 15) is 0 Å². The molecule has 0 saturated heterocycles. The maximum absolute atomic E-state index is 3.89. The third-order valence-electron chi connectivity index (χ3n) is 24.4. The molecular weight excluding hydrogens is 1420 g/mol. The fourth-order valence-electron chi connectivity index (χ4n) is 18.3. The first-order valence-electron chi connectivity index (χ1n) is 41.1. The smallest absolute Gasteiger partial charge is 0.0468 e. The molecule has 2 aliphatic carbocycles. The second-order valence-corrected chi connectivity index (χ2v) is 31.4. The van der Waals surface area contributed by atoms with E-state index >= 15 is 0 Å². The summed E-state index contributed by atoms with van der Waals surface area (Å²) in [5, 5.41) is 17.4. The number of benzene rings is 19. The van der Waals surface area contributed by atoms with Gasteiger partial charge in [-0.2, -0.15) is 0 Å². The molecule has 0 bridgehead atoms. The Morgan fingerprint density at radius 3 is 1.26 bits per heavy atom. The SMILES string of the molecule is C=C/C=C\c1ccc2ccc(-c3ccc(N(C4=CCC(c5cc(-c6cccc7c6ccc6ccc(-c8ccc(N(c9ccc(-c%10ccc%11ccc%12ccccc%12c%11c%10)cc9)c9ccc(-c%10ccccc%10)c(-c%10ccccc%10)c9)cc8)cc67)ccc5C5C=CC=CC5)C=C4)c4ccc(-c5ccc6ccc7ccccc7c6c5)cc4)cc3)cc2c1. The summed E-state index contributed by atoms with van der Waals surface area (Å²) in [7, 11) is 0. The molecule has 0 fully saturated rings. The summed E-state index contributed by atoms with van der Waals surface area (Å²) in [6.07, 6.45) is 24.2. The van der Waals surface area contributed by atoms with Crippen molar-refractivity contribution in [3.8, 4) is 77.9 Å². The standard InChI is InChI=1S/C116H82N2/c1-2-3-18-78-31-32-83-33-41-93(72-98(83)71-78)79-45-57-99(58-46-79)117(100-59-47-80(48-60-100)94-42-38-89-36-34-87-25-13-15-27-105(87)112(89)73-94)101-65-53-92(54-66-101)114-76-97(56-68-108(114)84-19-7-4-8-20-84)107-29-17-30-110-111(107)69-55-91-40-44-96(75-115(91)110)82-51-63-103(64-52-82)118(104-67-70-109(85-21-9-5-10-22-85)116(77-104)86-23-11-6-12-24-86)102-61-49-81(50-62-102)95-43-39-90-37-35-88-26-14-16-28-106(88)113(90)74-95/h2-19,21-53,55-77,84,92H,1,20,54H2/b18-3-. The van der Waals surface area contributed by atoms with Crippen LogP contribution in [-0.2, 0) is 0 Å². The molecule has 0 amide bonds. The van der Waals surface area contributed by atoms with E-state index < -0.39 is 0 Å². The van der Waals surface area contributed by atoms with Gasteiger partial charge < -0.3 is 9.80 Å². The van der Waals surface area contributed by atoms with Gasteiger partial charge in [0.1, 0.15) is 0 Å². The minimum absolute atomic E-state index is 0.140. The molecule has 19 aromatic rings. The number of allylic oxidation sites excluding steroid dienone is 9. The molecule has 0 aromatic heterocycles. The molecule has 21 rings (SSSR count). The normalized spacial score (nSPS) is 14.0. The molecule has 0 radical (unpaired) electrons. The van der Waals surface area contributed by atoms with E-state index in [1.54, 1.807) is 0 Å². The minimum Gasteiger partial charge on any atom is -0.311 e. The number of fused-ring (bicyclic) bond motifs is 10. The van der Waals surface area contributed by atoms with Crippen LogP contribution < -0.4 is 9.80 Å². The topological polar surface area (TPSA) is 6.48 Å². The summed E-state index contributed by atoms with van der Waals surface area (Å²) in [6.45, 7) is 3.89. The Hall–Kier alpha value is -15.0. The molecule has 0 spiro atoms. The van der Waals surface area contributed by atoms with E-state index in [-0.39, 0.29) is 11.8 Å². The van der Waals surface area contributed by atoms with Gasteiger partial charge in [0.15, 0.2) is 0 Å². The van der Waals surface area contributed by atoms with Gasteiger partial charge in [0.05, 0.1) is 0 Å². The zero-order chi connectivity index (χ0) is 78.4. The van der Waals surface area contributed by atoms with Crippen molar-refractivity contribution in [3.05, 3.63) is 472 Å². The van der Waals surface area contributed by atoms with Crippen LogP contribution in [0.3, 0.4) is 0 Å². The molecule has 0 N–H and O–H groups in total. The maximum atomic E-state index is 3.89. The summed E-state index contributed by atoms with van der Waals surface area (Å²) in [5.41, 5.74) is 27.1. The highest BCUT2D eigenvalue weighted by Crippen LogP contribution is 2.47. The lowest BCUT2D eigenvalue weighted by Gasteiger charge is -2.30. The third-order valence-corrected chi connectivity index (χ3v) is 24.4. The average Bonchev–Trinajstić information content (AvgIpc) is 0.767. The van der Waals surface area contributed by atoms with Crippen LogP contribution in [0.1, 0.15) is 41.4 Å². The average molecular weight is 1500 g/mol. The van der Waals surface area contributed by atoms with E-state index in [1.807, 2.05) is 12.2 Å². The summed E-state index contributed by atoms with van der Waals surface area (Å²) in [6, 6.07) is 145. The number of rotatable bonds is 17. The van der Waals surface area contributed by atoms with Gasteiger partial charge in [-0.15, -0.1) is 0 Å². The Morgan fingerprint density at radius 2 is 0.712 bits per heavy atom. The van der Waals surface area contributed by atoms with Crippen LogP contribution in [0.4, 0.5) is 28.4 Å². The molecule has 0 aliphatic heterocycles. The Morgan fingerprint density at radius 1 is 0.254 bits per heavy atom. The van der Waals surface area contributed by atoms with Gasteiger partial charge in [-0.05, 0) is 280 Å². The van der Waals surface area contributed by atoms with Gasteiger partial charge in [-0.3, -0.25) is 0 Å². The molecule has 2 atom stereocenters. The van der Waals surface area contributed by atoms with Gasteiger partial charge in [0.2, 0.25) is 0 Å². The number of hydrogen-bond donors (Lipinski definition) is 0. The largest absolute Gasteiger partial charge is 0.311 e. The fraction of sp³-hybridized carbons (Fsp3) is 0.0345. The van der Waals surface area contributed by atoms with E-state index in [4.69, 9.17) is 0 Å². The number of nitrogens with zero attached hydrogens (tertiary/aromatic N) is 2. The van der Waals surface area contributed by atoms with E-state index in [0.717, 1.165) is 58.1 Å². The first-order chi connectivity index (χ1) is 58.4. The van der Waals surface area contributed by atoms with Crippen molar-refractivity contribution in [2.75, 3.05) is 9.80 Å². The summed E-state index contributed by atoms with van der Waals surface area (Å²) < 4.78 is 0. The summed E-state index contributed by atoms with van der Waals surface area (Å²) >= 11 is 0.